The highest BCUT2D eigenvalue weighted by Crippen LogP contribution is 2.33. The first-order valence-electron chi connectivity index (χ1n) is 11.0. The SMILES string of the molecule is CC(C)[C@@H](NCc1cc(=O)n2cc(Cl)ccc2n1)c1ccc(C2CCCCC2)cc1. The molecule has 1 fully saturated rings. The second-order valence-electron chi connectivity index (χ2n) is 8.77. The second kappa shape index (κ2) is 9.32. The van der Waals surface area contributed by atoms with E-state index in [2.05, 4.69) is 48.4 Å². The van der Waals surface area contributed by atoms with Crippen LogP contribution in [0.4, 0.5) is 0 Å². The fraction of sp³-hybridized carbons (Fsp3) is 0.440. The summed E-state index contributed by atoms with van der Waals surface area (Å²) >= 11 is 6.00. The Morgan fingerprint density at radius 1 is 1.10 bits per heavy atom. The lowest BCUT2D eigenvalue weighted by atomic mass is 9.83. The normalized spacial score (nSPS) is 16.3. The van der Waals surface area contributed by atoms with E-state index in [4.69, 9.17) is 11.6 Å². The molecule has 0 aliphatic heterocycles. The maximum absolute atomic E-state index is 12.4. The zero-order valence-corrected chi connectivity index (χ0v) is 18.5. The van der Waals surface area contributed by atoms with E-state index >= 15 is 0 Å². The van der Waals surface area contributed by atoms with Crippen LogP contribution in [-0.2, 0) is 6.54 Å². The largest absolute Gasteiger partial charge is 0.304 e. The van der Waals surface area contributed by atoms with Gasteiger partial charge in [-0.1, -0.05) is 69.0 Å². The van der Waals surface area contributed by atoms with Gasteiger partial charge in [-0.2, -0.15) is 0 Å². The lowest BCUT2D eigenvalue weighted by Crippen LogP contribution is -2.27. The lowest BCUT2D eigenvalue weighted by Gasteiger charge is -2.25. The van der Waals surface area contributed by atoms with E-state index in [1.54, 1.807) is 24.4 Å². The Balaban J connectivity index is 1.49. The molecule has 4 nitrogen and oxygen atoms in total. The van der Waals surface area contributed by atoms with Crippen molar-refractivity contribution < 1.29 is 0 Å². The fourth-order valence-corrected chi connectivity index (χ4v) is 4.74. The predicted octanol–water partition coefficient (Wildman–Crippen LogP) is 5.88. The molecule has 0 bridgehead atoms. The van der Waals surface area contributed by atoms with Crippen molar-refractivity contribution >= 4 is 17.2 Å². The molecular weight excluding hydrogens is 394 g/mol. The minimum absolute atomic E-state index is 0.114. The molecule has 1 N–H and O–H groups in total. The van der Waals surface area contributed by atoms with Gasteiger partial charge in [-0.25, -0.2) is 4.98 Å². The van der Waals surface area contributed by atoms with E-state index in [1.165, 1.54) is 47.6 Å². The number of nitrogens with one attached hydrogen (secondary N) is 1. The molecule has 0 spiro atoms. The fourth-order valence-electron chi connectivity index (χ4n) is 4.58. The van der Waals surface area contributed by atoms with Gasteiger partial charge >= 0.3 is 0 Å². The molecule has 1 aromatic carbocycles. The van der Waals surface area contributed by atoms with Gasteiger partial charge < -0.3 is 5.32 Å². The van der Waals surface area contributed by atoms with Crippen molar-refractivity contribution in [1.29, 1.82) is 0 Å². The van der Waals surface area contributed by atoms with Crippen LogP contribution in [0.2, 0.25) is 5.02 Å². The first kappa shape index (κ1) is 21.1. The number of nitrogens with zero attached hydrogens (tertiary/aromatic N) is 2. The topological polar surface area (TPSA) is 46.4 Å². The summed E-state index contributed by atoms with van der Waals surface area (Å²) in [6.07, 6.45) is 8.34. The number of pyridine rings is 1. The number of hydrogen-bond acceptors (Lipinski definition) is 3. The molecule has 0 radical (unpaired) electrons. The van der Waals surface area contributed by atoms with Crippen LogP contribution in [0.1, 0.15) is 74.7 Å². The Bertz CT molecular complexity index is 1050. The van der Waals surface area contributed by atoms with Crippen molar-refractivity contribution in [1.82, 2.24) is 14.7 Å². The summed E-state index contributed by atoms with van der Waals surface area (Å²) in [6, 6.07) is 14.5. The molecule has 3 aromatic rings. The highest BCUT2D eigenvalue weighted by molar-refractivity contribution is 6.30. The van der Waals surface area contributed by atoms with Gasteiger partial charge in [-0.3, -0.25) is 9.20 Å². The average Bonchev–Trinajstić information content (AvgIpc) is 2.75. The Morgan fingerprint density at radius 2 is 1.83 bits per heavy atom. The monoisotopic (exact) mass is 423 g/mol. The van der Waals surface area contributed by atoms with Crippen LogP contribution < -0.4 is 10.9 Å². The molecule has 0 unspecified atom stereocenters. The van der Waals surface area contributed by atoms with Gasteiger partial charge in [0.1, 0.15) is 5.65 Å². The van der Waals surface area contributed by atoms with Crippen molar-refractivity contribution in [2.24, 2.45) is 5.92 Å². The summed E-state index contributed by atoms with van der Waals surface area (Å²) in [7, 11) is 0. The van der Waals surface area contributed by atoms with Crippen molar-refractivity contribution in [2.75, 3.05) is 0 Å². The van der Waals surface area contributed by atoms with Gasteiger partial charge in [-0.05, 0) is 47.9 Å². The summed E-state index contributed by atoms with van der Waals surface area (Å²) in [5.41, 5.74) is 4.00. The van der Waals surface area contributed by atoms with Crippen LogP contribution in [0.25, 0.3) is 5.65 Å². The van der Waals surface area contributed by atoms with Crippen LogP contribution >= 0.6 is 11.6 Å². The standard InChI is InChI=1S/C25H30ClN3O/c1-17(2)25(20-10-8-19(9-11-20)18-6-4-3-5-7-18)27-15-22-14-24(30)29-16-21(26)12-13-23(29)28-22/h8-14,16-18,25,27H,3-7,15H2,1-2H3/t25-/m1/s1. The van der Waals surface area contributed by atoms with Gasteiger partial charge in [0, 0.05) is 24.8 Å². The first-order chi connectivity index (χ1) is 14.5. The minimum atomic E-state index is -0.114. The number of rotatable bonds is 6. The highest BCUT2D eigenvalue weighted by Gasteiger charge is 2.18. The number of hydrogen-bond donors (Lipinski definition) is 1. The quantitative estimate of drug-likeness (QED) is 0.538. The molecule has 2 aromatic heterocycles. The molecule has 2 heterocycles. The van der Waals surface area contributed by atoms with E-state index in [9.17, 15) is 4.79 Å². The molecule has 5 heteroatoms. The molecule has 1 aliphatic rings. The molecule has 30 heavy (non-hydrogen) atoms. The van der Waals surface area contributed by atoms with E-state index in [0.717, 1.165) is 11.6 Å². The summed E-state index contributed by atoms with van der Waals surface area (Å²) in [6.45, 7) is 4.98. The van der Waals surface area contributed by atoms with Gasteiger partial charge in [0.25, 0.3) is 5.56 Å². The zero-order valence-electron chi connectivity index (χ0n) is 17.8. The van der Waals surface area contributed by atoms with Crippen molar-refractivity contribution in [3.05, 3.63) is 80.9 Å². The van der Waals surface area contributed by atoms with E-state index in [-0.39, 0.29) is 11.6 Å². The Morgan fingerprint density at radius 3 is 2.53 bits per heavy atom. The third-order valence-corrected chi connectivity index (χ3v) is 6.44. The third-order valence-electron chi connectivity index (χ3n) is 6.22. The number of halogens is 1. The number of fused-ring (bicyclic) bond motifs is 1. The Hall–Kier alpha value is -2.17. The van der Waals surface area contributed by atoms with E-state index < -0.39 is 0 Å². The molecule has 1 atom stereocenters. The van der Waals surface area contributed by atoms with Crippen LogP contribution in [0, 0.1) is 5.92 Å². The van der Waals surface area contributed by atoms with Gasteiger partial charge in [0.15, 0.2) is 0 Å². The van der Waals surface area contributed by atoms with E-state index in [1.807, 2.05) is 0 Å². The van der Waals surface area contributed by atoms with E-state index in [0.29, 0.717) is 23.1 Å². The first-order valence-corrected chi connectivity index (χ1v) is 11.4. The molecule has 158 valence electrons. The number of benzene rings is 1. The van der Waals surface area contributed by atoms with Crippen LogP contribution in [-0.4, -0.2) is 9.38 Å². The molecule has 1 aliphatic carbocycles. The molecule has 0 saturated heterocycles. The average molecular weight is 424 g/mol. The van der Waals surface area contributed by atoms with Crippen molar-refractivity contribution in [3.8, 4) is 0 Å². The van der Waals surface area contributed by atoms with Gasteiger partial charge in [0.05, 0.1) is 10.7 Å². The highest BCUT2D eigenvalue weighted by atomic mass is 35.5. The number of aromatic nitrogens is 2. The van der Waals surface area contributed by atoms with Gasteiger partial charge in [-0.15, -0.1) is 0 Å². The van der Waals surface area contributed by atoms with Crippen molar-refractivity contribution in [3.63, 3.8) is 0 Å². The van der Waals surface area contributed by atoms with Crippen LogP contribution in [0.5, 0.6) is 0 Å². The molecule has 1 saturated carbocycles. The smallest absolute Gasteiger partial charge is 0.258 e. The van der Waals surface area contributed by atoms with Crippen molar-refractivity contribution in [2.45, 2.75) is 64.5 Å². The van der Waals surface area contributed by atoms with Gasteiger partial charge in [0.2, 0.25) is 0 Å². The maximum atomic E-state index is 12.4. The minimum Gasteiger partial charge on any atom is -0.304 e. The summed E-state index contributed by atoms with van der Waals surface area (Å²) in [5, 5.41) is 4.14. The third kappa shape index (κ3) is 4.76. The Kier molecular flexibility index (Phi) is 6.55. The van der Waals surface area contributed by atoms with Crippen LogP contribution in [0.3, 0.4) is 0 Å². The maximum Gasteiger partial charge on any atom is 0.258 e. The predicted molar refractivity (Wildman–Crippen MR) is 123 cm³/mol. The zero-order chi connectivity index (χ0) is 21.1. The molecular formula is C25H30ClN3O. The second-order valence-corrected chi connectivity index (χ2v) is 9.20. The lowest BCUT2D eigenvalue weighted by molar-refractivity contribution is 0.407. The summed E-state index contributed by atoms with van der Waals surface area (Å²) < 4.78 is 1.48. The molecule has 4 rings (SSSR count). The Labute approximate surface area is 183 Å². The van der Waals surface area contributed by atoms with Crippen LogP contribution in [0.15, 0.2) is 53.5 Å². The summed E-state index contributed by atoms with van der Waals surface area (Å²) in [5.74, 6) is 1.15. The molecule has 0 amide bonds. The summed E-state index contributed by atoms with van der Waals surface area (Å²) in [4.78, 5) is 17.0.